The molecule has 2 aromatic heterocycles. The molecule has 0 spiro atoms. The number of benzene rings is 3. The molecule has 42 heavy (non-hydrogen) atoms. The molecule has 0 atom stereocenters. The number of aromatic nitrogens is 4. The van der Waals surface area contributed by atoms with E-state index < -0.39 is 5.82 Å². The van der Waals surface area contributed by atoms with Crippen LogP contribution in [0, 0.1) is 5.82 Å². The van der Waals surface area contributed by atoms with E-state index in [0.29, 0.717) is 59.4 Å². The summed E-state index contributed by atoms with van der Waals surface area (Å²) in [5.41, 5.74) is 10.2. The average molecular weight is 570 g/mol. The summed E-state index contributed by atoms with van der Waals surface area (Å²) in [6.07, 6.45) is 1.61. The van der Waals surface area contributed by atoms with Crippen LogP contribution in [0.3, 0.4) is 0 Å². The number of amides is 1. The Hall–Kier alpha value is -4.87. The zero-order chi connectivity index (χ0) is 29.6. The Labute approximate surface area is 242 Å². The molecule has 0 aliphatic carbocycles. The summed E-state index contributed by atoms with van der Waals surface area (Å²) in [6.45, 7) is 4.78. The van der Waals surface area contributed by atoms with Gasteiger partial charge in [0.15, 0.2) is 11.6 Å². The van der Waals surface area contributed by atoms with Gasteiger partial charge in [-0.15, -0.1) is 0 Å². The van der Waals surface area contributed by atoms with Crippen molar-refractivity contribution in [3.8, 4) is 28.5 Å². The lowest BCUT2D eigenvalue weighted by Gasteiger charge is -2.19. The first-order valence-electron chi connectivity index (χ1n) is 13.6. The molecular weight excluding hydrogens is 537 g/mol. The van der Waals surface area contributed by atoms with Crippen LogP contribution in [-0.2, 0) is 7.05 Å². The number of nitrogens with zero attached hydrogens (tertiary/aromatic N) is 5. The number of aliphatic hydroxyl groups excluding tert-OH is 1. The third kappa shape index (κ3) is 6.37. The second-order valence-corrected chi connectivity index (χ2v) is 9.69. The number of halogens is 1. The molecule has 5 rings (SSSR count). The van der Waals surface area contributed by atoms with Gasteiger partial charge in [-0.05, 0) is 55.1 Å². The normalized spacial score (nSPS) is 11.3. The molecule has 0 unspecified atom stereocenters. The predicted octanol–water partition coefficient (Wildman–Crippen LogP) is 4.36. The Morgan fingerprint density at radius 2 is 1.93 bits per heavy atom. The van der Waals surface area contributed by atoms with Gasteiger partial charge in [-0.1, -0.05) is 25.1 Å². The molecule has 4 N–H and O–H groups in total. The summed E-state index contributed by atoms with van der Waals surface area (Å²) in [6, 6.07) is 18.4. The maximum absolute atomic E-state index is 13.5. The van der Waals surface area contributed by atoms with Gasteiger partial charge in [0.25, 0.3) is 5.91 Å². The average Bonchev–Trinajstić information content (AvgIpc) is 3.32. The highest BCUT2D eigenvalue weighted by Crippen LogP contribution is 2.30. The minimum absolute atomic E-state index is 0.111. The Morgan fingerprint density at radius 1 is 1.10 bits per heavy atom. The summed E-state index contributed by atoms with van der Waals surface area (Å²) < 4.78 is 21.3. The number of rotatable bonds is 11. The van der Waals surface area contributed by atoms with Gasteiger partial charge in [-0.2, -0.15) is 0 Å². The Morgan fingerprint density at radius 3 is 2.71 bits per heavy atom. The van der Waals surface area contributed by atoms with E-state index in [-0.39, 0.29) is 18.3 Å². The van der Waals surface area contributed by atoms with E-state index in [4.69, 9.17) is 20.4 Å². The molecule has 2 heterocycles. The van der Waals surface area contributed by atoms with Gasteiger partial charge < -0.3 is 25.5 Å². The van der Waals surface area contributed by atoms with Crippen LogP contribution in [-0.4, -0.2) is 68.3 Å². The molecule has 3 aromatic carbocycles. The highest BCUT2D eigenvalue weighted by molar-refractivity contribution is 6.06. The van der Waals surface area contributed by atoms with Crippen LogP contribution in [0.4, 0.5) is 15.9 Å². The summed E-state index contributed by atoms with van der Waals surface area (Å²) in [7, 11) is 1.84. The molecule has 0 aliphatic heterocycles. The lowest BCUT2D eigenvalue weighted by Crippen LogP contribution is -2.30. The number of likely N-dealkylation sites (N-methyl/N-ethyl adjacent to an activating group) is 1. The number of imidazole rings is 1. The fourth-order valence-corrected chi connectivity index (χ4v) is 4.63. The fraction of sp³-hybridized carbons (Fsp3) is 0.226. The standard InChI is InChI=1S/C31H32FN7O3/c1-3-39(12-14-40)13-15-42-24-9-4-6-20(16-24)26-19-34-29(33)28(36-26)30-37-25-17-21(10-11-27(25)38(30)2)31(41)35-23-8-5-7-22(32)18-23/h4-11,16-19,40H,3,12-15H2,1-2H3,(H2,33,34)(H,35,41). The van der Waals surface area contributed by atoms with Crippen molar-refractivity contribution in [1.29, 1.82) is 0 Å². The Balaban J connectivity index is 1.38. The van der Waals surface area contributed by atoms with Gasteiger partial charge in [0.2, 0.25) is 0 Å². The highest BCUT2D eigenvalue weighted by Gasteiger charge is 2.18. The second-order valence-electron chi connectivity index (χ2n) is 9.69. The molecule has 0 saturated heterocycles. The van der Waals surface area contributed by atoms with Gasteiger partial charge in [0, 0.05) is 37.0 Å². The zero-order valence-electron chi connectivity index (χ0n) is 23.4. The van der Waals surface area contributed by atoms with Crippen LogP contribution in [0.15, 0.2) is 72.9 Å². The van der Waals surface area contributed by atoms with Crippen LogP contribution >= 0.6 is 0 Å². The number of nitrogen functional groups attached to an aromatic ring is 1. The monoisotopic (exact) mass is 569 g/mol. The number of carbonyl (C=O) groups is 1. The molecule has 0 aliphatic rings. The topological polar surface area (TPSA) is 131 Å². The van der Waals surface area contributed by atoms with Crippen molar-refractivity contribution in [2.75, 3.05) is 43.9 Å². The number of nitrogens with two attached hydrogens (primary N) is 1. The van der Waals surface area contributed by atoms with Crippen molar-refractivity contribution in [1.82, 2.24) is 24.4 Å². The number of aryl methyl sites for hydroxylation is 1. The van der Waals surface area contributed by atoms with Crippen LogP contribution in [0.1, 0.15) is 17.3 Å². The van der Waals surface area contributed by atoms with Gasteiger partial charge in [-0.25, -0.2) is 19.3 Å². The number of anilines is 2. The van der Waals surface area contributed by atoms with Gasteiger partial charge in [-0.3, -0.25) is 9.69 Å². The predicted molar refractivity (Wildman–Crippen MR) is 161 cm³/mol. The number of hydrogen-bond donors (Lipinski definition) is 3. The van der Waals surface area contributed by atoms with E-state index in [0.717, 1.165) is 17.6 Å². The molecule has 5 aromatic rings. The minimum Gasteiger partial charge on any atom is -0.492 e. The number of ether oxygens (including phenoxy) is 1. The fourth-order valence-electron chi connectivity index (χ4n) is 4.63. The van der Waals surface area contributed by atoms with Crippen molar-refractivity contribution in [2.24, 2.45) is 7.05 Å². The molecular formula is C31H32FN7O3. The van der Waals surface area contributed by atoms with Gasteiger partial charge >= 0.3 is 0 Å². The summed E-state index contributed by atoms with van der Waals surface area (Å²) in [4.78, 5) is 28.9. The smallest absolute Gasteiger partial charge is 0.255 e. The largest absolute Gasteiger partial charge is 0.492 e. The number of hydrogen-bond acceptors (Lipinski definition) is 8. The molecule has 0 fully saturated rings. The van der Waals surface area contributed by atoms with Crippen molar-refractivity contribution in [3.05, 3.63) is 84.3 Å². The summed E-state index contributed by atoms with van der Waals surface area (Å²) in [5.74, 6) is 0.594. The molecule has 0 radical (unpaired) electrons. The van der Waals surface area contributed by atoms with Crippen LogP contribution in [0.2, 0.25) is 0 Å². The molecule has 0 saturated carbocycles. The SMILES string of the molecule is CCN(CCO)CCOc1cccc(-c2cnc(N)c(-c3nc4cc(C(=O)Nc5cccc(F)c5)ccc4n3C)n2)c1. The molecule has 1 amide bonds. The number of fused-ring (bicyclic) bond motifs is 1. The van der Waals surface area contributed by atoms with Crippen LogP contribution < -0.4 is 15.8 Å². The van der Waals surface area contributed by atoms with E-state index in [1.807, 2.05) is 42.8 Å². The molecule has 11 heteroatoms. The first-order valence-corrected chi connectivity index (χ1v) is 13.6. The molecule has 0 bridgehead atoms. The second kappa shape index (κ2) is 12.8. The van der Waals surface area contributed by atoms with E-state index in [1.54, 1.807) is 30.5 Å². The first-order chi connectivity index (χ1) is 20.4. The Kier molecular flexibility index (Phi) is 8.70. The van der Waals surface area contributed by atoms with E-state index in [9.17, 15) is 14.3 Å². The third-order valence-electron chi connectivity index (χ3n) is 6.91. The third-order valence-corrected chi connectivity index (χ3v) is 6.91. The van der Waals surface area contributed by atoms with Gasteiger partial charge in [0.05, 0.1) is 29.5 Å². The summed E-state index contributed by atoms with van der Waals surface area (Å²) in [5, 5.41) is 11.9. The van der Waals surface area contributed by atoms with Crippen molar-refractivity contribution >= 4 is 28.4 Å². The lowest BCUT2D eigenvalue weighted by atomic mass is 10.1. The Bertz CT molecular complexity index is 1720. The van der Waals surface area contributed by atoms with E-state index in [2.05, 4.69) is 15.2 Å². The van der Waals surface area contributed by atoms with Crippen molar-refractivity contribution < 1.29 is 19.0 Å². The van der Waals surface area contributed by atoms with Crippen LogP contribution in [0.5, 0.6) is 5.75 Å². The maximum Gasteiger partial charge on any atom is 0.255 e. The van der Waals surface area contributed by atoms with Gasteiger partial charge in [0.1, 0.15) is 23.9 Å². The van der Waals surface area contributed by atoms with Crippen molar-refractivity contribution in [3.63, 3.8) is 0 Å². The number of carbonyl (C=O) groups excluding carboxylic acids is 1. The van der Waals surface area contributed by atoms with E-state index in [1.165, 1.54) is 18.2 Å². The molecule has 216 valence electrons. The molecule has 10 nitrogen and oxygen atoms in total. The number of aliphatic hydroxyl groups is 1. The van der Waals surface area contributed by atoms with E-state index >= 15 is 0 Å². The van der Waals surface area contributed by atoms with Crippen LogP contribution in [0.25, 0.3) is 33.8 Å². The lowest BCUT2D eigenvalue weighted by molar-refractivity contribution is 0.102. The van der Waals surface area contributed by atoms with Crippen molar-refractivity contribution in [2.45, 2.75) is 6.92 Å². The number of nitrogens with one attached hydrogen (secondary N) is 1. The maximum atomic E-state index is 13.5. The zero-order valence-corrected chi connectivity index (χ0v) is 23.4. The highest BCUT2D eigenvalue weighted by atomic mass is 19.1. The minimum atomic E-state index is -0.435. The quantitative estimate of drug-likeness (QED) is 0.214. The summed E-state index contributed by atoms with van der Waals surface area (Å²) >= 11 is 0. The first kappa shape index (κ1) is 28.7.